The zero-order chi connectivity index (χ0) is 13.2. The molecule has 0 spiro atoms. The standard InChI is InChI=1S/C16H16N2S/c1-19-14-5-3-12(4-6-14)16-9-13-8-11(10-17)2-7-15(13)18-16/h2-9,18H,10,17H2,1H3. The Labute approximate surface area is 117 Å². The van der Waals surface area contributed by atoms with E-state index in [2.05, 4.69) is 59.8 Å². The number of hydrogen-bond acceptors (Lipinski definition) is 2. The van der Waals surface area contributed by atoms with E-state index in [9.17, 15) is 0 Å². The van der Waals surface area contributed by atoms with Gasteiger partial charge in [0.1, 0.15) is 0 Å². The zero-order valence-corrected chi connectivity index (χ0v) is 11.6. The Bertz CT molecular complexity index is 698. The lowest BCUT2D eigenvalue weighted by atomic mass is 10.1. The fourth-order valence-corrected chi connectivity index (χ4v) is 2.64. The normalized spacial score (nSPS) is 11.1. The number of H-pyrrole nitrogens is 1. The molecular weight excluding hydrogens is 252 g/mol. The third kappa shape index (κ3) is 2.39. The minimum absolute atomic E-state index is 0.582. The Hall–Kier alpha value is -1.71. The summed E-state index contributed by atoms with van der Waals surface area (Å²) >= 11 is 1.76. The molecule has 2 nitrogen and oxygen atoms in total. The van der Waals surface area contributed by atoms with Crippen LogP contribution in [0.5, 0.6) is 0 Å². The fraction of sp³-hybridized carbons (Fsp3) is 0.125. The molecule has 0 saturated carbocycles. The van der Waals surface area contributed by atoms with Crippen molar-refractivity contribution in [3.05, 3.63) is 54.1 Å². The molecule has 0 radical (unpaired) electrons. The first-order chi connectivity index (χ1) is 9.30. The Balaban J connectivity index is 2.04. The topological polar surface area (TPSA) is 41.8 Å². The van der Waals surface area contributed by atoms with Crippen molar-refractivity contribution in [3.8, 4) is 11.3 Å². The van der Waals surface area contributed by atoms with Gasteiger partial charge in [-0.05, 0) is 47.7 Å². The first-order valence-electron chi connectivity index (χ1n) is 6.26. The first-order valence-corrected chi connectivity index (χ1v) is 7.49. The van der Waals surface area contributed by atoms with Crippen LogP contribution in [0.2, 0.25) is 0 Å². The molecule has 0 aliphatic carbocycles. The van der Waals surface area contributed by atoms with Gasteiger partial charge in [0.25, 0.3) is 0 Å². The maximum Gasteiger partial charge on any atom is 0.0464 e. The largest absolute Gasteiger partial charge is 0.355 e. The van der Waals surface area contributed by atoms with Crippen LogP contribution in [0.3, 0.4) is 0 Å². The van der Waals surface area contributed by atoms with Gasteiger partial charge in [0.05, 0.1) is 0 Å². The summed E-state index contributed by atoms with van der Waals surface area (Å²) in [6, 6.07) is 17.1. The fourth-order valence-electron chi connectivity index (χ4n) is 2.24. The molecule has 3 heteroatoms. The molecule has 3 rings (SSSR count). The minimum Gasteiger partial charge on any atom is -0.355 e. The molecule has 96 valence electrons. The SMILES string of the molecule is CSc1ccc(-c2cc3cc(CN)ccc3[nH]2)cc1. The van der Waals surface area contributed by atoms with Gasteiger partial charge in [0, 0.05) is 28.0 Å². The molecule has 0 aliphatic heterocycles. The van der Waals surface area contributed by atoms with Crippen LogP contribution in [0.25, 0.3) is 22.2 Å². The van der Waals surface area contributed by atoms with E-state index in [0.717, 1.165) is 16.8 Å². The van der Waals surface area contributed by atoms with Crippen LogP contribution in [0.4, 0.5) is 0 Å². The number of thioether (sulfide) groups is 1. The molecule has 19 heavy (non-hydrogen) atoms. The van der Waals surface area contributed by atoms with Crippen molar-refractivity contribution < 1.29 is 0 Å². The Morgan fingerprint density at radius 2 is 1.84 bits per heavy atom. The predicted octanol–water partition coefficient (Wildman–Crippen LogP) is 4.02. The predicted molar refractivity (Wildman–Crippen MR) is 83.4 cm³/mol. The number of hydrogen-bond donors (Lipinski definition) is 2. The molecule has 3 N–H and O–H groups in total. The Morgan fingerprint density at radius 3 is 2.53 bits per heavy atom. The molecular formula is C16H16N2S. The van der Waals surface area contributed by atoms with Crippen molar-refractivity contribution in [2.45, 2.75) is 11.4 Å². The van der Waals surface area contributed by atoms with Crippen LogP contribution in [0.15, 0.2) is 53.4 Å². The number of fused-ring (bicyclic) bond motifs is 1. The third-order valence-electron chi connectivity index (χ3n) is 3.32. The summed E-state index contributed by atoms with van der Waals surface area (Å²) in [5, 5.41) is 1.21. The second kappa shape index (κ2) is 5.11. The van der Waals surface area contributed by atoms with Gasteiger partial charge in [-0.25, -0.2) is 0 Å². The van der Waals surface area contributed by atoms with Crippen LogP contribution in [0.1, 0.15) is 5.56 Å². The van der Waals surface area contributed by atoms with E-state index in [4.69, 9.17) is 5.73 Å². The van der Waals surface area contributed by atoms with Gasteiger partial charge in [-0.1, -0.05) is 18.2 Å². The third-order valence-corrected chi connectivity index (χ3v) is 4.07. The maximum absolute atomic E-state index is 5.68. The van der Waals surface area contributed by atoms with Crippen molar-refractivity contribution in [1.29, 1.82) is 0 Å². The minimum atomic E-state index is 0.582. The molecule has 1 heterocycles. The van der Waals surface area contributed by atoms with E-state index in [1.165, 1.54) is 15.8 Å². The quantitative estimate of drug-likeness (QED) is 0.705. The van der Waals surface area contributed by atoms with Crippen molar-refractivity contribution in [1.82, 2.24) is 4.98 Å². The molecule has 0 saturated heterocycles. The van der Waals surface area contributed by atoms with Gasteiger partial charge in [0.2, 0.25) is 0 Å². The summed E-state index contributed by atoms with van der Waals surface area (Å²) in [4.78, 5) is 4.74. The van der Waals surface area contributed by atoms with Crippen molar-refractivity contribution in [3.63, 3.8) is 0 Å². The van der Waals surface area contributed by atoms with Gasteiger partial charge in [-0.15, -0.1) is 11.8 Å². The highest BCUT2D eigenvalue weighted by Gasteiger charge is 2.04. The second-order valence-corrected chi connectivity index (χ2v) is 5.42. The summed E-state index contributed by atoms with van der Waals surface area (Å²) in [6.07, 6.45) is 2.09. The highest BCUT2D eigenvalue weighted by Crippen LogP contribution is 2.26. The van der Waals surface area contributed by atoms with Gasteiger partial charge in [-0.2, -0.15) is 0 Å². The zero-order valence-electron chi connectivity index (χ0n) is 10.8. The molecule has 3 aromatic rings. The lowest BCUT2D eigenvalue weighted by Gasteiger charge is -1.99. The first kappa shape index (κ1) is 12.3. The summed E-state index contributed by atoms with van der Waals surface area (Å²) in [5.74, 6) is 0. The lowest BCUT2D eigenvalue weighted by molar-refractivity contribution is 1.08. The van der Waals surface area contributed by atoms with E-state index in [0.29, 0.717) is 6.54 Å². The van der Waals surface area contributed by atoms with Crippen molar-refractivity contribution in [2.24, 2.45) is 5.73 Å². The molecule has 0 atom stereocenters. The maximum atomic E-state index is 5.68. The van der Waals surface area contributed by atoms with E-state index in [1.54, 1.807) is 11.8 Å². The number of aromatic amines is 1. The Morgan fingerprint density at radius 1 is 1.05 bits per heavy atom. The van der Waals surface area contributed by atoms with Gasteiger partial charge >= 0.3 is 0 Å². The van der Waals surface area contributed by atoms with E-state index < -0.39 is 0 Å². The number of rotatable bonds is 3. The lowest BCUT2D eigenvalue weighted by Crippen LogP contribution is -1.94. The van der Waals surface area contributed by atoms with Gasteiger partial charge in [-0.3, -0.25) is 0 Å². The smallest absolute Gasteiger partial charge is 0.0464 e. The van der Waals surface area contributed by atoms with Crippen LogP contribution in [-0.2, 0) is 6.54 Å². The molecule has 2 aromatic carbocycles. The average Bonchev–Trinajstić information content (AvgIpc) is 2.90. The van der Waals surface area contributed by atoms with Crippen molar-refractivity contribution >= 4 is 22.7 Å². The van der Waals surface area contributed by atoms with E-state index >= 15 is 0 Å². The number of nitrogens with one attached hydrogen (secondary N) is 1. The molecule has 0 aliphatic rings. The molecule has 0 amide bonds. The molecule has 0 unspecified atom stereocenters. The number of aromatic nitrogens is 1. The highest BCUT2D eigenvalue weighted by molar-refractivity contribution is 7.98. The van der Waals surface area contributed by atoms with Crippen LogP contribution in [0, 0.1) is 0 Å². The van der Waals surface area contributed by atoms with Crippen molar-refractivity contribution in [2.75, 3.05) is 6.26 Å². The summed E-state index contributed by atoms with van der Waals surface area (Å²) < 4.78 is 0. The van der Waals surface area contributed by atoms with E-state index in [-0.39, 0.29) is 0 Å². The van der Waals surface area contributed by atoms with Crippen LogP contribution >= 0.6 is 11.8 Å². The highest BCUT2D eigenvalue weighted by atomic mass is 32.2. The number of nitrogens with two attached hydrogens (primary N) is 1. The summed E-state index contributed by atoms with van der Waals surface area (Å²) in [5.41, 5.74) is 10.4. The summed E-state index contributed by atoms with van der Waals surface area (Å²) in [7, 11) is 0. The van der Waals surface area contributed by atoms with E-state index in [1.807, 2.05) is 0 Å². The monoisotopic (exact) mass is 268 g/mol. The summed E-state index contributed by atoms with van der Waals surface area (Å²) in [6.45, 7) is 0.582. The van der Waals surface area contributed by atoms with Crippen LogP contribution in [-0.4, -0.2) is 11.2 Å². The van der Waals surface area contributed by atoms with Gasteiger partial charge in [0.15, 0.2) is 0 Å². The molecule has 0 bridgehead atoms. The van der Waals surface area contributed by atoms with Gasteiger partial charge < -0.3 is 10.7 Å². The average molecular weight is 268 g/mol. The molecule has 1 aromatic heterocycles. The molecule has 0 fully saturated rings. The van der Waals surface area contributed by atoms with Crippen LogP contribution < -0.4 is 5.73 Å². The second-order valence-electron chi connectivity index (χ2n) is 4.54. The number of benzene rings is 2. The Kier molecular flexibility index (Phi) is 3.32.